The standard InChI is InChI=1S/C13H13N3O3.HI/c1-8(13(18)19)14-12(17)10-7-16(2)15-11-6-4-3-5-9(10)11;/h3-8H,1-2H3,(H-,14,17,18,19);1H. The predicted molar refractivity (Wildman–Crippen MR) is 67.5 cm³/mol. The summed E-state index contributed by atoms with van der Waals surface area (Å²) in [7, 11) is 1.71. The number of nitrogens with zero attached hydrogens (tertiary/aromatic N) is 2. The Morgan fingerprint density at radius 2 is 2.00 bits per heavy atom. The predicted octanol–water partition coefficient (Wildman–Crippen LogP) is -2.73. The van der Waals surface area contributed by atoms with Gasteiger partial charge in [0.15, 0.2) is 7.05 Å². The number of carboxylic acid groups (broad SMARTS) is 1. The molecule has 0 fully saturated rings. The van der Waals surface area contributed by atoms with E-state index in [1.807, 2.05) is 6.07 Å². The fourth-order valence-corrected chi connectivity index (χ4v) is 1.76. The molecule has 1 aromatic carbocycles. The molecule has 20 heavy (non-hydrogen) atoms. The summed E-state index contributed by atoms with van der Waals surface area (Å²) in [6, 6.07) is 6.28. The quantitative estimate of drug-likeness (QED) is 0.443. The summed E-state index contributed by atoms with van der Waals surface area (Å²) in [5, 5.41) is 16.2. The topological polar surface area (TPSA) is 83.2 Å². The highest BCUT2D eigenvalue weighted by atomic mass is 127. The Morgan fingerprint density at radius 3 is 2.65 bits per heavy atom. The molecule has 2 rings (SSSR count). The van der Waals surface area contributed by atoms with Crippen LogP contribution in [0.5, 0.6) is 0 Å². The SMILES string of the molecule is CC(NC(=O)c1c[n+](C)nc2ccccc12)C(=O)O.[I-]. The van der Waals surface area contributed by atoms with Gasteiger partial charge in [-0.25, -0.2) is 0 Å². The van der Waals surface area contributed by atoms with Crippen LogP contribution in [-0.4, -0.2) is 28.1 Å². The fraction of sp³-hybridized carbons (Fsp3) is 0.231. The third-order valence-electron chi connectivity index (χ3n) is 2.74. The van der Waals surface area contributed by atoms with Crippen LogP contribution in [0.2, 0.25) is 0 Å². The van der Waals surface area contributed by atoms with Gasteiger partial charge in [-0.05, 0) is 18.1 Å². The van der Waals surface area contributed by atoms with Gasteiger partial charge in [0.05, 0.1) is 0 Å². The lowest BCUT2D eigenvalue weighted by molar-refractivity contribution is -0.728. The molecule has 0 radical (unpaired) electrons. The van der Waals surface area contributed by atoms with Crippen LogP contribution in [0, 0.1) is 0 Å². The molecular formula is C13H14IN3O3. The van der Waals surface area contributed by atoms with Gasteiger partial charge in [0.1, 0.15) is 17.1 Å². The number of aromatic nitrogens is 2. The van der Waals surface area contributed by atoms with Crippen LogP contribution >= 0.6 is 0 Å². The third kappa shape index (κ3) is 3.41. The highest BCUT2D eigenvalue weighted by molar-refractivity contribution is 6.06. The third-order valence-corrected chi connectivity index (χ3v) is 2.74. The number of carbonyl (C=O) groups excluding carboxylic acids is 1. The molecule has 6 nitrogen and oxygen atoms in total. The van der Waals surface area contributed by atoms with Gasteiger partial charge < -0.3 is 34.4 Å². The van der Waals surface area contributed by atoms with Crippen molar-refractivity contribution in [3.05, 3.63) is 36.0 Å². The van der Waals surface area contributed by atoms with Crippen molar-refractivity contribution in [2.24, 2.45) is 7.05 Å². The van der Waals surface area contributed by atoms with Crippen molar-refractivity contribution in [2.75, 3.05) is 0 Å². The summed E-state index contributed by atoms with van der Waals surface area (Å²) in [5.74, 6) is -1.50. The maximum Gasteiger partial charge on any atom is 0.325 e. The largest absolute Gasteiger partial charge is 1.00 e. The Labute approximate surface area is 132 Å². The number of nitrogens with one attached hydrogen (secondary N) is 1. The Kier molecular flexibility index (Phi) is 5.37. The molecule has 106 valence electrons. The number of amides is 1. The Balaban J connectivity index is 0.00000200. The van der Waals surface area contributed by atoms with Crippen LogP contribution in [0.15, 0.2) is 30.5 Å². The maximum atomic E-state index is 12.1. The smallest absolute Gasteiger partial charge is 0.325 e. The van der Waals surface area contributed by atoms with E-state index in [9.17, 15) is 9.59 Å². The van der Waals surface area contributed by atoms with Crippen LogP contribution in [0.1, 0.15) is 17.3 Å². The zero-order valence-corrected chi connectivity index (χ0v) is 13.2. The molecule has 0 spiro atoms. The number of aliphatic carboxylic acids is 1. The van der Waals surface area contributed by atoms with E-state index in [4.69, 9.17) is 5.11 Å². The number of benzene rings is 1. The van der Waals surface area contributed by atoms with Gasteiger partial charge in [0.2, 0.25) is 6.20 Å². The second-order valence-electron chi connectivity index (χ2n) is 4.27. The molecule has 1 unspecified atom stereocenters. The fourth-order valence-electron chi connectivity index (χ4n) is 1.76. The molecule has 2 N–H and O–H groups in total. The van der Waals surface area contributed by atoms with Crippen molar-refractivity contribution in [2.45, 2.75) is 13.0 Å². The van der Waals surface area contributed by atoms with Crippen LogP contribution in [0.3, 0.4) is 0 Å². The first-order valence-corrected chi connectivity index (χ1v) is 5.78. The summed E-state index contributed by atoms with van der Waals surface area (Å²) in [6.45, 7) is 1.42. The highest BCUT2D eigenvalue weighted by Crippen LogP contribution is 2.14. The van der Waals surface area contributed by atoms with E-state index in [0.29, 0.717) is 16.5 Å². The van der Waals surface area contributed by atoms with E-state index >= 15 is 0 Å². The van der Waals surface area contributed by atoms with Crippen molar-refractivity contribution in [3.63, 3.8) is 0 Å². The number of hydrogen-bond donors (Lipinski definition) is 2. The second kappa shape index (κ2) is 6.60. The van der Waals surface area contributed by atoms with Crippen molar-refractivity contribution >= 4 is 22.8 Å². The minimum atomic E-state index is -1.07. The molecule has 0 aliphatic carbocycles. The molecular weight excluding hydrogens is 373 g/mol. The van der Waals surface area contributed by atoms with Gasteiger partial charge in [-0.2, -0.15) is 0 Å². The van der Waals surface area contributed by atoms with Gasteiger partial charge in [0, 0.05) is 5.39 Å². The number of carbonyl (C=O) groups is 2. The van der Waals surface area contributed by atoms with Gasteiger partial charge in [-0.1, -0.05) is 22.9 Å². The minimum Gasteiger partial charge on any atom is -1.00 e. The van der Waals surface area contributed by atoms with Gasteiger partial charge in [-0.3, -0.25) is 9.59 Å². The van der Waals surface area contributed by atoms with E-state index < -0.39 is 17.9 Å². The van der Waals surface area contributed by atoms with Gasteiger partial charge >= 0.3 is 5.97 Å². The van der Waals surface area contributed by atoms with Crippen molar-refractivity contribution in [3.8, 4) is 0 Å². The summed E-state index contributed by atoms with van der Waals surface area (Å²) in [5.41, 5.74) is 1.09. The van der Waals surface area contributed by atoms with Crippen LogP contribution < -0.4 is 34.0 Å². The summed E-state index contributed by atoms with van der Waals surface area (Å²) < 4.78 is 1.53. The first-order chi connectivity index (χ1) is 8.99. The zero-order chi connectivity index (χ0) is 14.0. The number of aryl methyl sites for hydroxylation is 1. The van der Waals surface area contributed by atoms with E-state index in [0.717, 1.165) is 0 Å². The van der Waals surface area contributed by atoms with E-state index in [1.54, 1.807) is 31.4 Å². The second-order valence-corrected chi connectivity index (χ2v) is 4.27. The summed E-state index contributed by atoms with van der Waals surface area (Å²) in [6.07, 6.45) is 1.58. The van der Waals surface area contributed by atoms with E-state index in [1.165, 1.54) is 11.6 Å². The minimum absolute atomic E-state index is 0. The maximum absolute atomic E-state index is 12.1. The molecule has 0 saturated heterocycles. The number of rotatable bonds is 3. The average Bonchev–Trinajstić information content (AvgIpc) is 2.37. The van der Waals surface area contributed by atoms with Crippen molar-refractivity contribution in [1.29, 1.82) is 0 Å². The molecule has 1 heterocycles. The van der Waals surface area contributed by atoms with Crippen LogP contribution in [-0.2, 0) is 11.8 Å². The van der Waals surface area contributed by atoms with Crippen LogP contribution in [0.4, 0.5) is 0 Å². The Hall–Kier alpha value is -1.77. The van der Waals surface area contributed by atoms with E-state index in [2.05, 4.69) is 10.4 Å². The Bertz CT molecular complexity index is 660. The van der Waals surface area contributed by atoms with Gasteiger partial charge in [0.25, 0.3) is 5.91 Å². The van der Waals surface area contributed by atoms with Crippen LogP contribution in [0.25, 0.3) is 10.9 Å². The first-order valence-electron chi connectivity index (χ1n) is 5.78. The molecule has 0 aliphatic rings. The molecule has 2 aromatic rings. The molecule has 7 heteroatoms. The van der Waals surface area contributed by atoms with Crippen molar-refractivity contribution < 1.29 is 43.4 Å². The number of hydrogen-bond acceptors (Lipinski definition) is 3. The number of halogens is 1. The van der Waals surface area contributed by atoms with E-state index in [-0.39, 0.29) is 24.0 Å². The van der Waals surface area contributed by atoms with Crippen molar-refractivity contribution in [1.82, 2.24) is 10.4 Å². The number of carboxylic acids is 1. The zero-order valence-electron chi connectivity index (χ0n) is 11.0. The first kappa shape index (κ1) is 16.3. The monoisotopic (exact) mass is 387 g/mol. The summed E-state index contributed by atoms with van der Waals surface area (Å²) >= 11 is 0. The molecule has 1 atom stereocenters. The lowest BCUT2D eigenvalue weighted by Gasteiger charge is -2.09. The average molecular weight is 387 g/mol. The molecule has 0 aliphatic heterocycles. The lowest BCUT2D eigenvalue weighted by Crippen LogP contribution is -3.00. The molecule has 1 aromatic heterocycles. The Morgan fingerprint density at radius 1 is 1.35 bits per heavy atom. The highest BCUT2D eigenvalue weighted by Gasteiger charge is 2.20. The van der Waals surface area contributed by atoms with Gasteiger partial charge in [-0.15, -0.1) is 0 Å². The number of fused-ring (bicyclic) bond motifs is 1. The normalized spacial score (nSPS) is 11.5. The summed E-state index contributed by atoms with van der Waals surface area (Å²) in [4.78, 5) is 22.9. The molecule has 1 amide bonds. The molecule has 0 saturated carbocycles. The molecule has 0 bridgehead atoms. The lowest BCUT2D eigenvalue weighted by atomic mass is 10.1.